The number of quaternary nitrogens is 1. The number of nitrogens with zero attached hydrogens (tertiary/aromatic N) is 2. The predicted molar refractivity (Wildman–Crippen MR) is 485 cm³/mol. The molecular weight excluding hydrogens is 1420 g/mol. The van der Waals surface area contributed by atoms with Gasteiger partial charge in [-0.25, -0.2) is 0 Å². The molecule has 7 aromatic rings. The van der Waals surface area contributed by atoms with Crippen molar-refractivity contribution in [3.8, 4) is 142 Å². The fourth-order valence-electron chi connectivity index (χ4n) is 7.72. The van der Waals surface area contributed by atoms with E-state index in [2.05, 4.69) is 308 Å². The van der Waals surface area contributed by atoms with E-state index in [1.54, 1.807) is 41.5 Å². The van der Waals surface area contributed by atoms with Gasteiger partial charge in [0, 0.05) is 41.3 Å². The Balaban J connectivity index is -0.000000437. The standard InChI is InChI=1S/C35H27P2.C17H23N2.C12H10O2.C12H16O2.C10H12O2.C8H8O2.6CH4/c1-37(34-22-10-4-11-23-34,35-24-12-5-13-25-35)29-27-31-17-15-14-16-30(31)26-28-36(32-18-6-2-7-19-32)33-20-8-3-9-21-33;1-18(2)14-8-12-16-10-6-7-11-17(16)13-9-15-19(3,4)5;13-9-3-7-11-5-1-2-6-12(11)8-4-10-14;1-11(2,13)9-7-5-6-8-10-12(3,4)14;1-9(11)7-5-3-4-6-8-10(2)12;9-7-5-3-1-2-4-6-8-10;;;;;;/h2-25H,1H3;6-7,10-11H,14-15H2,1-5H3;1-2,5-6,13-14H,9-10H2;5-6,13-14H,1-4H3;3-4,9-12H,1-2H3;1-2,9-10H,7-8H2;6*1H4/q2*+1;;;;;;;;;;/b;;;6-5-;4-3-;2-1-;;;;;;. The van der Waals surface area contributed by atoms with Crippen molar-refractivity contribution in [2.24, 2.45) is 0 Å². The van der Waals surface area contributed by atoms with Crippen molar-refractivity contribution in [3.05, 3.63) is 264 Å². The minimum atomic E-state index is -1.90. The lowest BCUT2D eigenvalue weighted by Crippen LogP contribution is -2.34. The van der Waals surface area contributed by atoms with Gasteiger partial charge >= 0.3 is 0 Å². The van der Waals surface area contributed by atoms with Gasteiger partial charge in [-0.05, 0) is 175 Å². The average molecular weight is 1540 g/mol. The van der Waals surface area contributed by atoms with Gasteiger partial charge in [0.05, 0.1) is 40.0 Å². The minimum Gasteiger partial charge on any atom is -0.384 e. The molecule has 0 aliphatic rings. The van der Waals surface area contributed by atoms with E-state index in [-0.39, 0.29) is 71.0 Å². The molecule has 586 valence electrons. The monoisotopic (exact) mass is 1540 g/mol. The zero-order valence-corrected chi connectivity index (χ0v) is 64.5. The van der Waals surface area contributed by atoms with Gasteiger partial charge in [-0.15, -0.1) is 0 Å². The summed E-state index contributed by atoms with van der Waals surface area (Å²) in [6.07, 6.45) is 7.94. The summed E-state index contributed by atoms with van der Waals surface area (Å²) in [6, 6.07) is 66.2. The first-order chi connectivity index (χ1) is 50.7. The SMILES string of the molecule is C.C.C.C.C.C.CC(C)(O)C#C/C=C\C#CC(C)(C)O.CC(O)C#C/C=C\C#CC(C)O.CN(C)CC#Cc1ccccc1C#CC[N+](C)(C)C.C[P+](C#Cc1ccccc1C#CP(c1ccccc1)c1ccccc1)(c1ccccc1)c1ccccc1.OCC#C/C=C\C#CCO.OCC#Cc1ccccc1C#CCO. The van der Waals surface area contributed by atoms with Gasteiger partial charge in [-0.1, -0.05) is 302 Å². The van der Waals surface area contributed by atoms with Crippen molar-refractivity contribution < 1.29 is 45.3 Å². The molecule has 0 aliphatic heterocycles. The first kappa shape index (κ1) is 110. The van der Waals surface area contributed by atoms with Gasteiger partial charge in [-0.2, -0.15) is 0 Å². The molecule has 7 rings (SSSR count). The number of allylic oxidation sites excluding steroid dienone is 6. The lowest BCUT2D eigenvalue weighted by atomic mass is 10.1. The highest BCUT2D eigenvalue weighted by Gasteiger charge is 2.36. The Morgan fingerprint density at radius 1 is 0.393 bits per heavy atom. The molecule has 0 aliphatic carbocycles. The van der Waals surface area contributed by atoms with Crippen LogP contribution >= 0.6 is 15.2 Å². The molecule has 12 heteroatoms. The summed E-state index contributed by atoms with van der Waals surface area (Å²) in [6.45, 7) is 12.9. The Bertz CT molecular complexity index is 4520. The largest absolute Gasteiger partial charge is 0.384 e. The molecule has 0 bridgehead atoms. The Hall–Kier alpha value is -11.1. The topological polar surface area (TPSA) is 165 Å². The molecule has 0 amide bonds. The third-order valence-corrected chi connectivity index (χ3v) is 17.7. The number of rotatable bonds is 6. The second-order valence-corrected chi connectivity index (χ2v) is 29.7. The lowest BCUT2D eigenvalue weighted by Gasteiger charge is -2.20. The van der Waals surface area contributed by atoms with Gasteiger partial charge in [0.1, 0.15) is 67.0 Å². The molecule has 0 heterocycles. The van der Waals surface area contributed by atoms with Crippen LogP contribution in [0.2, 0.25) is 0 Å². The molecule has 8 N–H and O–H groups in total. The van der Waals surface area contributed by atoms with Gasteiger partial charge < -0.3 is 45.3 Å². The third kappa shape index (κ3) is 53.7. The maximum Gasteiger partial charge on any atom is 0.154 e. The number of hydrogen-bond donors (Lipinski definition) is 8. The molecule has 112 heavy (non-hydrogen) atoms. The van der Waals surface area contributed by atoms with Crippen LogP contribution in [-0.4, -0.2) is 155 Å². The maximum atomic E-state index is 9.22. The molecule has 0 spiro atoms. The summed E-state index contributed by atoms with van der Waals surface area (Å²) >= 11 is 0. The average Bonchev–Trinajstić information content (AvgIpc) is 0.800. The van der Waals surface area contributed by atoms with E-state index in [4.69, 9.17) is 30.6 Å². The normalized spacial score (nSPS) is 9.95. The van der Waals surface area contributed by atoms with Gasteiger partial charge in [0.25, 0.3) is 0 Å². The van der Waals surface area contributed by atoms with Crippen LogP contribution < -0.4 is 21.2 Å². The molecule has 0 saturated heterocycles. The van der Waals surface area contributed by atoms with Crippen molar-refractivity contribution in [1.29, 1.82) is 0 Å². The highest BCUT2D eigenvalue weighted by atomic mass is 31.2. The summed E-state index contributed by atoms with van der Waals surface area (Å²) in [5.41, 5.74) is 10.9. The molecule has 0 saturated carbocycles. The number of aliphatic hydroxyl groups excluding tert-OH is 6. The highest BCUT2D eigenvalue weighted by Crippen LogP contribution is 2.51. The van der Waals surface area contributed by atoms with E-state index in [1.165, 1.54) is 57.7 Å². The van der Waals surface area contributed by atoms with Crippen LogP contribution in [0.3, 0.4) is 0 Å². The maximum absolute atomic E-state index is 9.22. The van der Waals surface area contributed by atoms with Crippen LogP contribution in [0.4, 0.5) is 0 Å². The summed E-state index contributed by atoms with van der Waals surface area (Å²) in [5, 5.41) is 74.4. The molecule has 0 radical (unpaired) electrons. The van der Waals surface area contributed by atoms with Crippen molar-refractivity contribution in [3.63, 3.8) is 0 Å². The summed E-state index contributed by atoms with van der Waals surface area (Å²) in [5.74, 6) is 61.2. The van der Waals surface area contributed by atoms with Crippen LogP contribution in [0.5, 0.6) is 0 Å². The number of benzene rings is 7. The summed E-state index contributed by atoms with van der Waals surface area (Å²) in [7, 11) is 7.75. The van der Waals surface area contributed by atoms with Crippen LogP contribution in [0, 0.1) is 142 Å². The second kappa shape index (κ2) is 64.7. The quantitative estimate of drug-likeness (QED) is 0.0460. The molecule has 0 fully saturated rings. The van der Waals surface area contributed by atoms with E-state index in [0.29, 0.717) is 0 Å². The number of hydrogen-bond acceptors (Lipinski definition) is 9. The molecular formula is C100H120N2O8P2+2. The van der Waals surface area contributed by atoms with Crippen LogP contribution in [-0.2, 0) is 0 Å². The van der Waals surface area contributed by atoms with Crippen molar-refractivity contribution in [2.75, 3.05) is 81.4 Å². The Morgan fingerprint density at radius 3 is 0.991 bits per heavy atom. The minimum absolute atomic E-state index is 0. The zero-order valence-electron chi connectivity index (χ0n) is 62.7. The first-order valence-corrected chi connectivity index (χ1v) is 37.2. The van der Waals surface area contributed by atoms with Gasteiger partial charge in [0.15, 0.2) is 7.26 Å². The van der Waals surface area contributed by atoms with E-state index in [0.717, 1.165) is 51.0 Å². The fourth-order valence-corrected chi connectivity index (χ4v) is 11.9. The second-order valence-electron chi connectivity index (χ2n) is 24.5. The Labute approximate surface area is 679 Å². The molecule has 7 aromatic carbocycles. The van der Waals surface area contributed by atoms with E-state index in [1.807, 2.05) is 74.8 Å². The fraction of sp³-hybridized carbons (Fsp3) is 0.280. The molecule has 10 nitrogen and oxygen atoms in total. The van der Waals surface area contributed by atoms with Gasteiger partial charge in [0.2, 0.25) is 0 Å². The summed E-state index contributed by atoms with van der Waals surface area (Å²) in [4.78, 5) is 2.05. The van der Waals surface area contributed by atoms with Crippen LogP contribution in [0.25, 0.3) is 0 Å². The van der Waals surface area contributed by atoms with Crippen molar-refractivity contribution in [1.82, 2.24) is 4.90 Å². The lowest BCUT2D eigenvalue weighted by molar-refractivity contribution is -0.862. The molecule has 0 aromatic heterocycles. The summed E-state index contributed by atoms with van der Waals surface area (Å²) < 4.78 is 0.849. The zero-order chi connectivity index (χ0) is 78.2. The Kier molecular flexibility index (Phi) is 63.3. The van der Waals surface area contributed by atoms with Crippen molar-refractivity contribution in [2.45, 2.75) is 110 Å². The third-order valence-electron chi connectivity index (χ3n) is 12.5. The van der Waals surface area contributed by atoms with Gasteiger partial charge in [-0.3, -0.25) is 4.90 Å². The smallest absolute Gasteiger partial charge is 0.154 e. The number of aliphatic hydroxyl groups is 8. The van der Waals surface area contributed by atoms with Crippen LogP contribution in [0.15, 0.2) is 231 Å². The van der Waals surface area contributed by atoms with E-state index >= 15 is 0 Å². The predicted octanol–water partition coefficient (Wildman–Crippen LogP) is 13.5. The van der Waals surface area contributed by atoms with Crippen molar-refractivity contribution >= 4 is 36.4 Å². The molecule has 2 unspecified atom stereocenters. The molecule has 2 atom stereocenters. The van der Waals surface area contributed by atoms with E-state index < -0.39 is 38.6 Å². The first-order valence-electron chi connectivity index (χ1n) is 33.6. The highest BCUT2D eigenvalue weighted by molar-refractivity contribution is 7.93. The Morgan fingerprint density at radius 2 is 0.679 bits per heavy atom. The van der Waals surface area contributed by atoms with E-state index in [9.17, 15) is 10.2 Å². The van der Waals surface area contributed by atoms with Crippen LogP contribution in [0.1, 0.15) is 119 Å².